The van der Waals surface area contributed by atoms with Gasteiger partial charge in [-0.2, -0.15) is 0 Å². The van der Waals surface area contributed by atoms with Gasteiger partial charge in [-0.1, -0.05) is 30.3 Å². The second-order valence-corrected chi connectivity index (χ2v) is 4.33. The van der Waals surface area contributed by atoms with E-state index < -0.39 is 6.04 Å². The first kappa shape index (κ1) is 16.0. The summed E-state index contributed by atoms with van der Waals surface area (Å²) in [6.07, 6.45) is 0.430. The second-order valence-electron chi connectivity index (χ2n) is 4.33. The number of hydrogen-bond acceptors (Lipinski definition) is 3. The van der Waals surface area contributed by atoms with Crippen molar-refractivity contribution in [3.8, 4) is 5.75 Å². The molecule has 106 valence electrons. The number of hydrogen-bond donors (Lipinski definition) is 3. The molecule has 0 aliphatic rings. The molecule has 4 nitrogen and oxygen atoms in total. The lowest BCUT2D eigenvalue weighted by Gasteiger charge is -2.12. The van der Waals surface area contributed by atoms with E-state index in [1.165, 1.54) is 0 Å². The molecule has 1 amide bonds. The Bertz CT molecular complexity index is 544. The molecule has 2 rings (SSSR count). The van der Waals surface area contributed by atoms with E-state index in [-0.39, 0.29) is 24.1 Å². The number of benzene rings is 2. The number of phenolic OH excluding ortho intramolecular Hbond substituents is 1. The number of nitrogens with one attached hydrogen (secondary N) is 1. The summed E-state index contributed by atoms with van der Waals surface area (Å²) in [7, 11) is 0. The van der Waals surface area contributed by atoms with Gasteiger partial charge in [0.05, 0.1) is 6.04 Å². The highest BCUT2D eigenvalue weighted by Crippen LogP contribution is 2.12. The highest BCUT2D eigenvalue weighted by Gasteiger charge is 2.14. The molecule has 0 spiro atoms. The molecule has 0 radical (unpaired) electrons. The van der Waals surface area contributed by atoms with Crippen molar-refractivity contribution in [2.75, 3.05) is 5.32 Å². The first-order valence-electron chi connectivity index (χ1n) is 6.04. The zero-order valence-electron chi connectivity index (χ0n) is 10.8. The maximum absolute atomic E-state index is 11.9. The molecule has 0 unspecified atom stereocenters. The minimum Gasteiger partial charge on any atom is -0.508 e. The van der Waals surface area contributed by atoms with Crippen LogP contribution in [0.5, 0.6) is 5.75 Å². The Morgan fingerprint density at radius 3 is 2.30 bits per heavy atom. The number of amides is 1. The Kier molecular flexibility index (Phi) is 6.03. The third-order valence-corrected chi connectivity index (χ3v) is 2.77. The van der Waals surface area contributed by atoms with Crippen LogP contribution in [0.4, 0.5) is 5.69 Å². The van der Waals surface area contributed by atoms with E-state index in [1.807, 2.05) is 30.3 Å². The Labute approximate surface area is 124 Å². The maximum Gasteiger partial charge on any atom is 0.241 e. The van der Waals surface area contributed by atoms with Gasteiger partial charge in [-0.15, -0.1) is 12.4 Å². The van der Waals surface area contributed by atoms with Crippen LogP contribution in [0.2, 0.25) is 0 Å². The predicted molar refractivity (Wildman–Crippen MR) is 82.1 cm³/mol. The number of anilines is 1. The number of carbonyl (C=O) groups is 1. The van der Waals surface area contributed by atoms with Gasteiger partial charge in [-0.05, 0) is 36.2 Å². The third kappa shape index (κ3) is 4.57. The van der Waals surface area contributed by atoms with Crippen molar-refractivity contribution < 1.29 is 9.90 Å². The standard InChI is InChI=1S/C15H16N2O2.ClH/c16-14(10-11-6-8-13(18)9-7-11)15(19)17-12-4-2-1-3-5-12;/h1-9,14,18H,10,16H2,(H,17,19);1H/t14-;/m0./s1. The van der Waals surface area contributed by atoms with Crippen molar-refractivity contribution in [2.45, 2.75) is 12.5 Å². The Morgan fingerprint density at radius 2 is 1.70 bits per heavy atom. The molecular weight excluding hydrogens is 276 g/mol. The van der Waals surface area contributed by atoms with Gasteiger partial charge in [0.1, 0.15) is 5.75 Å². The lowest BCUT2D eigenvalue weighted by Crippen LogP contribution is -2.37. The molecule has 0 aliphatic carbocycles. The van der Waals surface area contributed by atoms with Crippen molar-refractivity contribution in [3.63, 3.8) is 0 Å². The summed E-state index contributed by atoms with van der Waals surface area (Å²) in [6, 6.07) is 15.2. The molecule has 0 fully saturated rings. The summed E-state index contributed by atoms with van der Waals surface area (Å²) in [5.41, 5.74) is 7.50. The number of phenols is 1. The van der Waals surface area contributed by atoms with Crippen LogP contribution in [-0.2, 0) is 11.2 Å². The fourth-order valence-corrected chi connectivity index (χ4v) is 1.74. The average molecular weight is 293 g/mol. The normalized spacial score (nSPS) is 11.2. The first-order chi connectivity index (χ1) is 9.15. The lowest BCUT2D eigenvalue weighted by molar-refractivity contribution is -0.117. The van der Waals surface area contributed by atoms with Crippen LogP contribution in [0.1, 0.15) is 5.56 Å². The molecular formula is C15H17ClN2O2. The van der Waals surface area contributed by atoms with Crippen molar-refractivity contribution in [1.29, 1.82) is 0 Å². The van der Waals surface area contributed by atoms with E-state index in [1.54, 1.807) is 24.3 Å². The van der Waals surface area contributed by atoms with Gasteiger partial charge in [0.25, 0.3) is 0 Å². The van der Waals surface area contributed by atoms with E-state index in [9.17, 15) is 9.90 Å². The van der Waals surface area contributed by atoms with Crippen LogP contribution in [0, 0.1) is 0 Å². The Morgan fingerprint density at radius 1 is 1.10 bits per heavy atom. The van der Waals surface area contributed by atoms with Gasteiger partial charge >= 0.3 is 0 Å². The minimum atomic E-state index is -0.621. The Balaban J connectivity index is 0.00000200. The molecule has 20 heavy (non-hydrogen) atoms. The molecule has 0 saturated heterocycles. The minimum absolute atomic E-state index is 0. The van der Waals surface area contributed by atoms with Gasteiger partial charge < -0.3 is 16.2 Å². The summed E-state index contributed by atoms with van der Waals surface area (Å²) in [5, 5.41) is 11.9. The first-order valence-corrected chi connectivity index (χ1v) is 6.04. The molecule has 0 bridgehead atoms. The summed E-state index contributed by atoms with van der Waals surface area (Å²) >= 11 is 0. The van der Waals surface area contributed by atoms with Gasteiger partial charge in [0.15, 0.2) is 0 Å². The largest absolute Gasteiger partial charge is 0.508 e. The quantitative estimate of drug-likeness (QED) is 0.809. The summed E-state index contributed by atoms with van der Waals surface area (Å²) in [4.78, 5) is 11.9. The third-order valence-electron chi connectivity index (χ3n) is 2.77. The van der Waals surface area contributed by atoms with Crippen LogP contribution in [0.3, 0.4) is 0 Å². The highest BCUT2D eigenvalue weighted by molar-refractivity contribution is 5.94. The van der Waals surface area contributed by atoms with Gasteiger partial charge in [0.2, 0.25) is 5.91 Å². The second kappa shape index (κ2) is 7.53. The molecule has 0 heterocycles. The number of nitrogens with two attached hydrogens (primary N) is 1. The van der Waals surface area contributed by atoms with E-state index >= 15 is 0 Å². The van der Waals surface area contributed by atoms with Crippen LogP contribution in [0.25, 0.3) is 0 Å². The highest BCUT2D eigenvalue weighted by atomic mass is 35.5. The Hall–Kier alpha value is -2.04. The van der Waals surface area contributed by atoms with Crippen LogP contribution in [0.15, 0.2) is 54.6 Å². The van der Waals surface area contributed by atoms with Crippen molar-refractivity contribution in [2.24, 2.45) is 5.73 Å². The molecule has 4 N–H and O–H groups in total. The lowest BCUT2D eigenvalue weighted by atomic mass is 10.1. The smallest absolute Gasteiger partial charge is 0.241 e. The molecule has 2 aromatic rings. The number of aromatic hydroxyl groups is 1. The molecule has 2 aromatic carbocycles. The van der Waals surface area contributed by atoms with Crippen LogP contribution < -0.4 is 11.1 Å². The SMILES string of the molecule is Cl.N[C@@H](Cc1ccc(O)cc1)C(=O)Nc1ccccc1. The van der Waals surface area contributed by atoms with E-state index in [2.05, 4.69) is 5.32 Å². The van der Waals surface area contributed by atoms with Crippen molar-refractivity contribution in [1.82, 2.24) is 0 Å². The van der Waals surface area contributed by atoms with E-state index in [0.29, 0.717) is 6.42 Å². The van der Waals surface area contributed by atoms with Gasteiger partial charge in [-0.25, -0.2) is 0 Å². The summed E-state index contributed by atoms with van der Waals surface area (Å²) < 4.78 is 0. The topological polar surface area (TPSA) is 75.3 Å². The molecule has 1 atom stereocenters. The van der Waals surface area contributed by atoms with Crippen LogP contribution >= 0.6 is 12.4 Å². The fraction of sp³-hybridized carbons (Fsp3) is 0.133. The molecule has 5 heteroatoms. The average Bonchev–Trinajstić information content (AvgIpc) is 2.42. The van der Waals surface area contributed by atoms with Gasteiger partial charge in [0, 0.05) is 5.69 Å². The van der Waals surface area contributed by atoms with Crippen LogP contribution in [-0.4, -0.2) is 17.1 Å². The van der Waals surface area contributed by atoms with E-state index in [4.69, 9.17) is 5.73 Å². The molecule has 0 saturated carbocycles. The predicted octanol–water partition coefficient (Wildman–Crippen LogP) is 2.32. The summed E-state index contributed by atoms with van der Waals surface area (Å²) in [6.45, 7) is 0. The maximum atomic E-state index is 11.9. The molecule has 0 aliphatic heterocycles. The van der Waals surface area contributed by atoms with E-state index in [0.717, 1.165) is 11.3 Å². The number of carbonyl (C=O) groups excluding carboxylic acids is 1. The van der Waals surface area contributed by atoms with Crippen molar-refractivity contribution in [3.05, 3.63) is 60.2 Å². The zero-order valence-corrected chi connectivity index (χ0v) is 11.6. The van der Waals surface area contributed by atoms with Gasteiger partial charge in [-0.3, -0.25) is 4.79 Å². The van der Waals surface area contributed by atoms with Crippen molar-refractivity contribution >= 4 is 24.0 Å². The number of halogens is 1. The summed E-state index contributed by atoms with van der Waals surface area (Å²) in [5.74, 6) is -0.0228. The number of rotatable bonds is 4. The zero-order chi connectivity index (χ0) is 13.7. The monoisotopic (exact) mass is 292 g/mol. The molecule has 0 aromatic heterocycles. The number of para-hydroxylation sites is 1. The fourth-order valence-electron chi connectivity index (χ4n) is 1.74.